The Morgan fingerprint density at radius 3 is 2.75 bits per heavy atom. The second kappa shape index (κ2) is 5.92. The Hall–Kier alpha value is -1.00. The zero-order chi connectivity index (χ0) is 12.1. The van der Waals surface area contributed by atoms with E-state index in [1.54, 1.807) is 0 Å². The van der Waals surface area contributed by atoms with E-state index in [1.165, 1.54) is 13.2 Å². The Labute approximate surface area is 99.0 Å². The lowest BCUT2D eigenvalue weighted by molar-refractivity contribution is 0.362. The van der Waals surface area contributed by atoms with E-state index in [0.29, 0.717) is 18.5 Å². The number of benzene rings is 1. The number of methoxy groups -OCH3 is 1. The lowest BCUT2D eigenvalue weighted by atomic mass is 10.1. The van der Waals surface area contributed by atoms with Gasteiger partial charge in [-0.25, -0.2) is 0 Å². The van der Waals surface area contributed by atoms with Crippen LogP contribution in [-0.2, 0) is 6.42 Å². The molecule has 0 radical (unpaired) electrons. The highest BCUT2D eigenvalue weighted by atomic mass is 35.5. The summed E-state index contributed by atoms with van der Waals surface area (Å²) in [5.41, 5.74) is 5.84. The highest BCUT2D eigenvalue weighted by Gasteiger charge is 2.17. The maximum absolute atomic E-state index is 13.5. The summed E-state index contributed by atoms with van der Waals surface area (Å²) >= 11 is 5.82. The summed E-state index contributed by atoms with van der Waals surface area (Å²) in [7, 11) is 1.30. The van der Waals surface area contributed by atoms with Gasteiger partial charge in [-0.1, -0.05) is 11.6 Å². The van der Waals surface area contributed by atoms with Gasteiger partial charge in [0, 0.05) is 0 Å². The third kappa shape index (κ3) is 2.77. The Bertz CT molecular complexity index is 371. The van der Waals surface area contributed by atoms with Gasteiger partial charge in [-0.15, -0.1) is 0 Å². The molecule has 0 aromatic heterocycles. The average Bonchev–Trinajstić information content (AvgIpc) is 2.26. The van der Waals surface area contributed by atoms with E-state index >= 15 is 0 Å². The molecule has 0 unspecified atom stereocenters. The number of nitrogens with two attached hydrogens (primary N) is 1. The monoisotopic (exact) mass is 247 g/mol. The summed E-state index contributed by atoms with van der Waals surface area (Å²) in [4.78, 5) is 0. The lowest BCUT2D eigenvalue weighted by Gasteiger charge is -2.10. The first kappa shape index (κ1) is 13.1. The molecule has 1 aromatic carbocycles. The van der Waals surface area contributed by atoms with Crippen LogP contribution in [0.25, 0.3) is 0 Å². The third-order valence-corrected chi connectivity index (χ3v) is 2.61. The number of aromatic hydroxyl groups is 1. The topological polar surface area (TPSA) is 55.5 Å². The van der Waals surface area contributed by atoms with Gasteiger partial charge in [0.05, 0.1) is 12.1 Å². The summed E-state index contributed by atoms with van der Waals surface area (Å²) in [6, 6.07) is 1.52. The number of halogens is 2. The van der Waals surface area contributed by atoms with Crippen molar-refractivity contribution in [1.29, 1.82) is 0 Å². The van der Waals surface area contributed by atoms with Crippen molar-refractivity contribution in [1.82, 2.24) is 0 Å². The van der Waals surface area contributed by atoms with Gasteiger partial charge in [-0.2, -0.15) is 4.39 Å². The Kier molecular flexibility index (Phi) is 4.83. The van der Waals surface area contributed by atoms with E-state index in [4.69, 9.17) is 22.1 Å². The molecule has 5 heteroatoms. The Morgan fingerprint density at radius 2 is 2.19 bits per heavy atom. The van der Waals surface area contributed by atoms with Gasteiger partial charge in [-0.05, 0) is 37.4 Å². The highest BCUT2D eigenvalue weighted by molar-refractivity contribution is 6.32. The molecule has 1 rings (SSSR count). The Morgan fingerprint density at radius 1 is 1.50 bits per heavy atom. The van der Waals surface area contributed by atoms with Crippen molar-refractivity contribution < 1.29 is 14.2 Å². The van der Waals surface area contributed by atoms with Gasteiger partial charge in [0.1, 0.15) is 0 Å². The predicted octanol–water partition coefficient (Wildman–Crippen LogP) is 2.47. The molecule has 0 heterocycles. The molecule has 90 valence electrons. The molecule has 0 fully saturated rings. The van der Waals surface area contributed by atoms with Crippen LogP contribution < -0.4 is 10.5 Å². The van der Waals surface area contributed by atoms with Crippen molar-refractivity contribution >= 4 is 11.6 Å². The fraction of sp³-hybridized carbons (Fsp3) is 0.455. The molecule has 0 bridgehead atoms. The number of hydrogen-bond acceptors (Lipinski definition) is 3. The predicted molar refractivity (Wildman–Crippen MR) is 61.6 cm³/mol. The normalized spacial score (nSPS) is 10.5. The lowest BCUT2D eigenvalue weighted by Crippen LogP contribution is -2.00. The summed E-state index contributed by atoms with van der Waals surface area (Å²) < 4.78 is 18.3. The molecule has 0 atom stereocenters. The fourth-order valence-electron chi connectivity index (χ4n) is 1.48. The summed E-state index contributed by atoms with van der Waals surface area (Å²) in [5.74, 6) is -1.32. The smallest absolute Gasteiger partial charge is 0.208 e. The summed E-state index contributed by atoms with van der Waals surface area (Å²) in [6.45, 7) is 0.577. The minimum absolute atomic E-state index is 0.123. The number of unbranched alkanes of at least 4 members (excludes halogenated alkanes) is 1. The first-order valence-corrected chi connectivity index (χ1v) is 5.43. The Balaban J connectivity index is 2.94. The molecule has 16 heavy (non-hydrogen) atoms. The van der Waals surface area contributed by atoms with Gasteiger partial charge in [0.2, 0.25) is 5.82 Å². The number of rotatable bonds is 5. The van der Waals surface area contributed by atoms with Gasteiger partial charge >= 0.3 is 0 Å². The number of ether oxygens (including phenoxy) is 1. The molecule has 0 aliphatic heterocycles. The van der Waals surface area contributed by atoms with Gasteiger partial charge in [0.25, 0.3) is 0 Å². The van der Waals surface area contributed by atoms with Crippen LogP contribution in [0, 0.1) is 5.82 Å². The maximum Gasteiger partial charge on any atom is 0.208 e. The van der Waals surface area contributed by atoms with Crippen LogP contribution in [0.4, 0.5) is 4.39 Å². The molecule has 3 N–H and O–H groups in total. The van der Waals surface area contributed by atoms with Crippen LogP contribution in [0.1, 0.15) is 18.4 Å². The molecule has 0 spiro atoms. The van der Waals surface area contributed by atoms with Crippen LogP contribution in [0.2, 0.25) is 5.02 Å². The SMILES string of the molecule is COc1c(Cl)cc(CCCCN)c(O)c1F. The molecular weight excluding hydrogens is 233 g/mol. The van der Waals surface area contributed by atoms with Crippen LogP contribution in [0.15, 0.2) is 6.07 Å². The molecule has 0 aliphatic carbocycles. The van der Waals surface area contributed by atoms with E-state index in [2.05, 4.69) is 0 Å². The zero-order valence-electron chi connectivity index (χ0n) is 9.09. The van der Waals surface area contributed by atoms with E-state index in [0.717, 1.165) is 12.8 Å². The first-order valence-electron chi connectivity index (χ1n) is 5.05. The second-order valence-corrected chi connectivity index (χ2v) is 3.87. The summed E-state index contributed by atoms with van der Waals surface area (Å²) in [6.07, 6.45) is 2.15. The van der Waals surface area contributed by atoms with Crippen molar-refractivity contribution in [3.63, 3.8) is 0 Å². The molecule has 0 saturated carbocycles. The van der Waals surface area contributed by atoms with E-state index in [-0.39, 0.29) is 10.8 Å². The van der Waals surface area contributed by atoms with E-state index in [1.807, 2.05) is 0 Å². The standard InChI is InChI=1S/C11H15ClFNO2/c1-16-11-8(12)6-7(4-2-3-5-14)10(15)9(11)13/h6,15H,2-5,14H2,1H3. The van der Waals surface area contributed by atoms with Crippen LogP contribution in [0.5, 0.6) is 11.5 Å². The van der Waals surface area contributed by atoms with Gasteiger partial charge < -0.3 is 15.6 Å². The molecule has 0 saturated heterocycles. The maximum atomic E-state index is 13.5. The quantitative estimate of drug-likeness (QED) is 0.786. The van der Waals surface area contributed by atoms with Gasteiger partial charge in [-0.3, -0.25) is 0 Å². The first-order chi connectivity index (χ1) is 7.61. The van der Waals surface area contributed by atoms with Crippen molar-refractivity contribution in [2.75, 3.05) is 13.7 Å². The third-order valence-electron chi connectivity index (χ3n) is 2.33. The average molecular weight is 248 g/mol. The molecule has 0 aliphatic rings. The van der Waals surface area contributed by atoms with Crippen LogP contribution in [-0.4, -0.2) is 18.8 Å². The number of hydrogen-bond donors (Lipinski definition) is 2. The van der Waals surface area contributed by atoms with E-state index in [9.17, 15) is 9.50 Å². The van der Waals surface area contributed by atoms with E-state index < -0.39 is 11.6 Å². The zero-order valence-corrected chi connectivity index (χ0v) is 9.85. The number of phenolic OH excluding ortho intramolecular Hbond substituents is 1. The van der Waals surface area contributed by atoms with Crippen LogP contribution in [0.3, 0.4) is 0 Å². The van der Waals surface area contributed by atoms with Crippen molar-refractivity contribution in [3.05, 3.63) is 22.5 Å². The summed E-state index contributed by atoms with van der Waals surface area (Å²) in [5, 5.41) is 9.76. The molecule has 1 aromatic rings. The highest BCUT2D eigenvalue weighted by Crippen LogP contribution is 2.36. The molecule has 3 nitrogen and oxygen atoms in total. The van der Waals surface area contributed by atoms with Crippen molar-refractivity contribution in [2.45, 2.75) is 19.3 Å². The minimum Gasteiger partial charge on any atom is -0.505 e. The fourth-order valence-corrected chi connectivity index (χ4v) is 1.77. The van der Waals surface area contributed by atoms with Crippen molar-refractivity contribution in [2.24, 2.45) is 5.73 Å². The second-order valence-electron chi connectivity index (χ2n) is 3.46. The number of phenols is 1. The number of aryl methyl sites for hydroxylation is 1. The molecular formula is C11H15ClFNO2. The largest absolute Gasteiger partial charge is 0.505 e. The van der Waals surface area contributed by atoms with Crippen molar-refractivity contribution in [3.8, 4) is 11.5 Å². The molecule has 0 amide bonds. The minimum atomic E-state index is -0.808. The van der Waals surface area contributed by atoms with Gasteiger partial charge in [0.15, 0.2) is 11.5 Å². The van der Waals surface area contributed by atoms with Crippen LogP contribution >= 0.6 is 11.6 Å².